The first-order chi connectivity index (χ1) is 9.83. The Hall–Kier alpha value is -0.450. The zero-order valence-electron chi connectivity index (χ0n) is 13.3. The molecule has 1 aromatic rings. The number of nitrogens with one attached hydrogen (secondary N) is 1. The molecule has 118 valence electrons. The van der Waals surface area contributed by atoms with Gasteiger partial charge in [0.2, 0.25) is 0 Å². The van der Waals surface area contributed by atoms with Crippen LogP contribution in [0.1, 0.15) is 39.2 Å². The van der Waals surface area contributed by atoms with Crippen LogP contribution in [0.5, 0.6) is 0 Å². The summed E-state index contributed by atoms with van der Waals surface area (Å²) >= 11 is 3.47. The highest BCUT2D eigenvalue weighted by atomic mass is 79.9. The van der Waals surface area contributed by atoms with Gasteiger partial charge in [0, 0.05) is 23.1 Å². The molecule has 21 heavy (non-hydrogen) atoms. The number of hydrogen-bond acceptors (Lipinski definition) is 2. The Morgan fingerprint density at radius 2 is 2.14 bits per heavy atom. The molecule has 0 aromatic heterocycles. The first kappa shape index (κ1) is 16.9. The molecule has 1 atom stereocenters. The van der Waals surface area contributed by atoms with Crippen molar-refractivity contribution in [3.8, 4) is 0 Å². The third kappa shape index (κ3) is 5.68. The first-order valence-electron chi connectivity index (χ1n) is 7.75. The topological polar surface area (TPSA) is 15.3 Å². The number of rotatable bonds is 4. The lowest BCUT2D eigenvalue weighted by Gasteiger charge is -2.34. The molecule has 1 aliphatic heterocycles. The maximum Gasteiger partial charge on any atom is 0.124 e. The van der Waals surface area contributed by atoms with Crippen molar-refractivity contribution in [1.82, 2.24) is 10.2 Å². The molecule has 0 bridgehead atoms. The first-order valence-corrected chi connectivity index (χ1v) is 8.54. The highest BCUT2D eigenvalue weighted by Crippen LogP contribution is 2.23. The standard InChI is InChI=1S/C17H26BrFN2/c1-17(2,3)20-10-13-5-4-8-21(11-13)12-14-6-7-15(19)9-16(14)18/h6-7,9,13,20H,4-5,8,10-12H2,1-3H3. The van der Waals surface area contributed by atoms with Gasteiger partial charge in [0.15, 0.2) is 0 Å². The lowest BCUT2D eigenvalue weighted by molar-refractivity contribution is 0.159. The second kappa shape index (κ2) is 7.21. The van der Waals surface area contributed by atoms with Crippen molar-refractivity contribution in [1.29, 1.82) is 0 Å². The largest absolute Gasteiger partial charge is 0.312 e. The molecular weight excluding hydrogens is 331 g/mol. The van der Waals surface area contributed by atoms with Gasteiger partial charge in [-0.3, -0.25) is 4.90 Å². The Morgan fingerprint density at radius 1 is 1.38 bits per heavy atom. The van der Waals surface area contributed by atoms with Crippen molar-refractivity contribution in [2.45, 2.75) is 45.7 Å². The lowest BCUT2D eigenvalue weighted by Crippen LogP contribution is -2.44. The molecule has 4 heteroatoms. The predicted octanol–water partition coefficient (Wildman–Crippen LogP) is 4.19. The van der Waals surface area contributed by atoms with Gasteiger partial charge in [0.05, 0.1) is 0 Å². The minimum Gasteiger partial charge on any atom is -0.312 e. The third-order valence-corrected chi connectivity index (χ3v) is 4.67. The van der Waals surface area contributed by atoms with Crippen LogP contribution in [-0.2, 0) is 6.54 Å². The molecule has 2 nitrogen and oxygen atoms in total. The average Bonchev–Trinajstić information content (AvgIpc) is 2.39. The maximum atomic E-state index is 13.1. The molecule has 0 amide bonds. The van der Waals surface area contributed by atoms with Gasteiger partial charge in [-0.1, -0.05) is 22.0 Å². The summed E-state index contributed by atoms with van der Waals surface area (Å²) in [5, 5.41) is 3.61. The summed E-state index contributed by atoms with van der Waals surface area (Å²) in [6.07, 6.45) is 2.54. The number of hydrogen-bond donors (Lipinski definition) is 1. The van der Waals surface area contributed by atoms with Crippen LogP contribution in [0.3, 0.4) is 0 Å². The van der Waals surface area contributed by atoms with Gasteiger partial charge in [-0.2, -0.15) is 0 Å². The maximum absolute atomic E-state index is 13.1. The van der Waals surface area contributed by atoms with Crippen molar-refractivity contribution in [3.05, 3.63) is 34.1 Å². The normalized spacial score (nSPS) is 20.7. The molecule has 1 aromatic carbocycles. The van der Waals surface area contributed by atoms with E-state index in [1.165, 1.54) is 18.4 Å². The molecule has 1 fully saturated rings. The van der Waals surface area contributed by atoms with Gasteiger partial charge in [-0.25, -0.2) is 4.39 Å². The lowest BCUT2D eigenvalue weighted by atomic mass is 9.96. The third-order valence-electron chi connectivity index (χ3n) is 3.93. The quantitative estimate of drug-likeness (QED) is 0.869. The van der Waals surface area contributed by atoms with Crippen LogP contribution in [0.15, 0.2) is 22.7 Å². The van der Waals surface area contributed by atoms with E-state index in [9.17, 15) is 4.39 Å². The fourth-order valence-corrected chi connectivity index (χ4v) is 3.28. The van der Waals surface area contributed by atoms with Crippen LogP contribution in [0.2, 0.25) is 0 Å². The molecule has 1 unspecified atom stereocenters. The van der Waals surface area contributed by atoms with E-state index in [1.807, 2.05) is 6.07 Å². The summed E-state index contributed by atoms with van der Waals surface area (Å²) in [5.74, 6) is 0.522. The van der Waals surface area contributed by atoms with Crippen molar-refractivity contribution < 1.29 is 4.39 Å². The van der Waals surface area contributed by atoms with E-state index in [4.69, 9.17) is 0 Å². The Balaban J connectivity index is 1.89. The van der Waals surface area contributed by atoms with Crippen molar-refractivity contribution >= 4 is 15.9 Å². The van der Waals surface area contributed by atoms with Crippen LogP contribution < -0.4 is 5.32 Å². The van der Waals surface area contributed by atoms with Crippen LogP contribution >= 0.6 is 15.9 Å². The van der Waals surface area contributed by atoms with Crippen LogP contribution in [0.4, 0.5) is 4.39 Å². The monoisotopic (exact) mass is 356 g/mol. The zero-order chi connectivity index (χ0) is 15.5. The van der Waals surface area contributed by atoms with Gasteiger partial charge in [0.1, 0.15) is 5.82 Å². The summed E-state index contributed by atoms with van der Waals surface area (Å²) in [6, 6.07) is 4.98. The average molecular weight is 357 g/mol. The highest BCUT2D eigenvalue weighted by Gasteiger charge is 2.22. The van der Waals surface area contributed by atoms with E-state index in [2.05, 4.69) is 46.9 Å². The molecule has 1 saturated heterocycles. The Morgan fingerprint density at radius 3 is 2.81 bits per heavy atom. The fraction of sp³-hybridized carbons (Fsp3) is 0.647. The van der Waals surface area contributed by atoms with Crippen LogP contribution in [-0.4, -0.2) is 30.1 Å². The van der Waals surface area contributed by atoms with E-state index < -0.39 is 0 Å². The van der Waals surface area contributed by atoms with Gasteiger partial charge >= 0.3 is 0 Å². The molecule has 0 aliphatic carbocycles. The molecule has 0 radical (unpaired) electrons. The summed E-state index contributed by atoms with van der Waals surface area (Å²) in [5.41, 5.74) is 1.35. The number of halogens is 2. The molecule has 1 N–H and O–H groups in total. The zero-order valence-corrected chi connectivity index (χ0v) is 14.8. The molecular formula is C17H26BrFN2. The number of piperidine rings is 1. The van der Waals surface area contributed by atoms with Crippen molar-refractivity contribution in [3.63, 3.8) is 0 Å². The van der Waals surface area contributed by atoms with E-state index in [1.54, 1.807) is 12.1 Å². The Bertz CT molecular complexity index is 470. The minimum absolute atomic E-state index is 0.183. The van der Waals surface area contributed by atoms with E-state index >= 15 is 0 Å². The summed E-state index contributed by atoms with van der Waals surface area (Å²) < 4.78 is 14.0. The van der Waals surface area contributed by atoms with Crippen molar-refractivity contribution in [2.75, 3.05) is 19.6 Å². The number of likely N-dealkylation sites (tertiary alicyclic amines) is 1. The predicted molar refractivity (Wildman–Crippen MR) is 89.9 cm³/mol. The van der Waals surface area contributed by atoms with Gasteiger partial charge in [-0.15, -0.1) is 0 Å². The van der Waals surface area contributed by atoms with Crippen molar-refractivity contribution in [2.24, 2.45) is 5.92 Å². The molecule has 1 aliphatic rings. The van der Waals surface area contributed by atoms with Gasteiger partial charge in [-0.05, 0) is 70.3 Å². The smallest absolute Gasteiger partial charge is 0.124 e. The Labute approximate surface area is 136 Å². The Kier molecular flexibility index (Phi) is 5.81. The van der Waals surface area contributed by atoms with E-state index in [-0.39, 0.29) is 11.4 Å². The molecule has 1 heterocycles. The van der Waals surface area contributed by atoms with Gasteiger partial charge < -0.3 is 5.32 Å². The number of nitrogens with zero attached hydrogens (tertiary/aromatic N) is 1. The second-order valence-corrected chi connectivity index (χ2v) is 7.96. The summed E-state index contributed by atoms with van der Waals surface area (Å²) in [7, 11) is 0. The molecule has 2 rings (SSSR count). The highest BCUT2D eigenvalue weighted by molar-refractivity contribution is 9.10. The summed E-state index contributed by atoms with van der Waals surface area (Å²) in [4.78, 5) is 2.48. The number of benzene rings is 1. The van der Waals surface area contributed by atoms with Crippen LogP contribution in [0.25, 0.3) is 0 Å². The molecule has 0 saturated carbocycles. The second-order valence-electron chi connectivity index (χ2n) is 7.11. The van der Waals surface area contributed by atoms with E-state index in [0.29, 0.717) is 5.92 Å². The van der Waals surface area contributed by atoms with Gasteiger partial charge in [0.25, 0.3) is 0 Å². The fourth-order valence-electron chi connectivity index (χ4n) is 2.80. The van der Waals surface area contributed by atoms with Crippen LogP contribution in [0, 0.1) is 11.7 Å². The minimum atomic E-state index is -0.184. The SMILES string of the molecule is CC(C)(C)NCC1CCCN(Cc2ccc(F)cc2Br)C1. The molecule has 0 spiro atoms. The van der Waals surface area contributed by atoms with E-state index in [0.717, 1.165) is 30.7 Å². The summed E-state index contributed by atoms with van der Waals surface area (Å²) in [6.45, 7) is 10.9.